The van der Waals surface area contributed by atoms with E-state index >= 15 is 0 Å². The number of benzene rings is 2. The number of hydrogen-bond donors (Lipinski definition) is 1. The van der Waals surface area contributed by atoms with Crippen LogP contribution in [-0.4, -0.2) is 32.1 Å². The van der Waals surface area contributed by atoms with E-state index in [1.54, 1.807) is 24.3 Å². The number of carbonyl (C=O) groups excluding carboxylic acids is 3. The van der Waals surface area contributed by atoms with E-state index in [4.69, 9.17) is 14.2 Å². The van der Waals surface area contributed by atoms with E-state index in [0.717, 1.165) is 42.5 Å². The zero-order valence-corrected chi connectivity index (χ0v) is 22.5. The van der Waals surface area contributed by atoms with Crippen LogP contribution in [0.15, 0.2) is 60.2 Å². The minimum atomic E-state index is -0.684. The second-order valence-corrected chi connectivity index (χ2v) is 10.1. The molecular formula is C30H28N2O6S. The lowest BCUT2D eigenvalue weighted by atomic mass is 9.89. The number of anilines is 1. The van der Waals surface area contributed by atoms with Gasteiger partial charge in [-0.1, -0.05) is 55.7 Å². The molecule has 4 rings (SSSR count). The quantitative estimate of drug-likeness (QED) is 0.154. The van der Waals surface area contributed by atoms with Gasteiger partial charge in [0.1, 0.15) is 16.6 Å². The Labute approximate surface area is 230 Å². The summed E-state index contributed by atoms with van der Waals surface area (Å²) in [5.74, 6) is -1.09. The molecule has 0 saturated heterocycles. The first kappa shape index (κ1) is 27.6. The molecular weight excluding hydrogens is 516 g/mol. The maximum absolute atomic E-state index is 13.1. The summed E-state index contributed by atoms with van der Waals surface area (Å²) < 4.78 is 15.9. The third-order valence-electron chi connectivity index (χ3n) is 6.44. The van der Waals surface area contributed by atoms with Crippen molar-refractivity contribution in [2.45, 2.75) is 32.1 Å². The number of thiophene rings is 1. The largest absolute Gasteiger partial charge is 0.493 e. The Kier molecular flexibility index (Phi) is 9.13. The molecule has 0 atom stereocenters. The first-order valence-corrected chi connectivity index (χ1v) is 13.4. The highest BCUT2D eigenvalue weighted by molar-refractivity contribution is 7.20. The van der Waals surface area contributed by atoms with Crippen molar-refractivity contribution in [3.63, 3.8) is 0 Å². The summed E-state index contributed by atoms with van der Waals surface area (Å²) in [4.78, 5) is 38.8. The van der Waals surface area contributed by atoms with Crippen molar-refractivity contribution in [3.8, 4) is 28.0 Å². The molecule has 39 heavy (non-hydrogen) atoms. The summed E-state index contributed by atoms with van der Waals surface area (Å²) in [6, 6.07) is 17.8. The first-order chi connectivity index (χ1) is 18.9. The van der Waals surface area contributed by atoms with Crippen LogP contribution in [0.25, 0.3) is 16.5 Å². The van der Waals surface area contributed by atoms with E-state index in [1.807, 2.05) is 36.4 Å². The zero-order valence-electron chi connectivity index (χ0n) is 21.7. The van der Waals surface area contributed by atoms with Gasteiger partial charge in [0, 0.05) is 4.88 Å². The molecule has 1 saturated carbocycles. The Bertz CT molecular complexity index is 1430. The molecule has 0 aliphatic heterocycles. The van der Waals surface area contributed by atoms with Gasteiger partial charge in [-0.05, 0) is 48.2 Å². The third kappa shape index (κ3) is 6.72. The molecule has 0 spiro atoms. The summed E-state index contributed by atoms with van der Waals surface area (Å²) in [5.41, 5.74) is 1.38. The second-order valence-electron chi connectivity index (χ2n) is 9.00. The number of hydrogen-bond acceptors (Lipinski definition) is 8. The number of nitrogens with zero attached hydrogens (tertiary/aromatic N) is 1. The van der Waals surface area contributed by atoms with Crippen LogP contribution >= 0.6 is 11.3 Å². The van der Waals surface area contributed by atoms with Gasteiger partial charge in [-0.15, -0.1) is 11.3 Å². The molecule has 1 amide bonds. The maximum atomic E-state index is 13.1. The van der Waals surface area contributed by atoms with Crippen molar-refractivity contribution < 1.29 is 28.6 Å². The number of rotatable bonds is 8. The molecule has 8 nitrogen and oxygen atoms in total. The molecule has 1 aliphatic carbocycles. The van der Waals surface area contributed by atoms with Gasteiger partial charge in [-0.3, -0.25) is 9.59 Å². The van der Waals surface area contributed by atoms with Gasteiger partial charge in [0.15, 0.2) is 11.5 Å². The molecule has 1 aromatic heterocycles. The number of nitrogens with one attached hydrogen (secondary N) is 1. The first-order valence-electron chi connectivity index (χ1n) is 12.5. The third-order valence-corrected chi connectivity index (χ3v) is 7.54. The van der Waals surface area contributed by atoms with Crippen molar-refractivity contribution in [1.82, 2.24) is 0 Å². The van der Waals surface area contributed by atoms with Gasteiger partial charge < -0.3 is 19.5 Å². The average Bonchev–Trinajstić information content (AvgIpc) is 3.40. The van der Waals surface area contributed by atoms with E-state index in [9.17, 15) is 19.6 Å². The highest BCUT2D eigenvalue weighted by Crippen LogP contribution is 2.36. The fourth-order valence-electron chi connectivity index (χ4n) is 4.36. The van der Waals surface area contributed by atoms with Crippen molar-refractivity contribution in [2.75, 3.05) is 19.5 Å². The van der Waals surface area contributed by atoms with Gasteiger partial charge in [0.2, 0.25) is 0 Å². The Balaban J connectivity index is 1.54. The predicted molar refractivity (Wildman–Crippen MR) is 149 cm³/mol. The van der Waals surface area contributed by atoms with Crippen LogP contribution in [0.3, 0.4) is 0 Å². The summed E-state index contributed by atoms with van der Waals surface area (Å²) in [5, 5.41) is 12.7. The van der Waals surface area contributed by atoms with Crippen LogP contribution < -0.4 is 14.8 Å². The fraction of sp³-hybridized carbons (Fsp3) is 0.267. The molecule has 1 fully saturated rings. The summed E-state index contributed by atoms with van der Waals surface area (Å²) in [6.45, 7) is 0. The molecule has 1 N–H and O–H groups in total. The number of esters is 2. The summed E-state index contributed by atoms with van der Waals surface area (Å²) >= 11 is 1.21. The van der Waals surface area contributed by atoms with E-state index in [-0.39, 0.29) is 33.8 Å². The minimum Gasteiger partial charge on any atom is -0.493 e. The van der Waals surface area contributed by atoms with Crippen LogP contribution in [0.2, 0.25) is 0 Å². The summed E-state index contributed by atoms with van der Waals surface area (Å²) in [7, 11) is 2.71. The Morgan fingerprint density at radius 1 is 1.00 bits per heavy atom. The van der Waals surface area contributed by atoms with Gasteiger partial charge in [0.05, 0.1) is 25.7 Å². The number of methoxy groups -OCH3 is 2. The maximum Gasteiger partial charge on any atom is 0.340 e. The van der Waals surface area contributed by atoms with Crippen LogP contribution in [0.4, 0.5) is 5.00 Å². The van der Waals surface area contributed by atoms with Crippen LogP contribution in [-0.2, 0) is 14.3 Å². The Morgan fingerprint density at radius 2 is 1.74 bits per heavy atom. The van der Waals surface area contributed by atoms with Gasteiger partial charge in [-0.25, -0.2) is 4.79 Å². The molecule has 9 heteroatoms. The molecule has 2 aromatic carbocycles. The van der Waals surface area contributed by atoms with Crippen LogP contribution in [0.5, 0.6) is 11.5 Å². The predicted octanol–water partition coefficient (Wildman–Crippen LogP) is 6.24. The second kappa shape index (κ2) is 12.9. The Morgan fingerprint density at radius 3 is 2.41 bits per heavy atom. The molecule has 0 unspecified atom stereocenters. The minimum absolute atomic E-state index is 0.119. The van der Waals surface area contributed by atoms with Crippen LogP contribution in [0, 0.1) is 17.2 Å². The highest BCUT2D eigenvalue weighted by atomic mass is 32.1. The number of nitriles is 1. The lowest BCUT2D eigenvalue weighted by molar-refractivity contribution is -0.140. The van der Waals surface area contributed by atoms with E-state index < -0.39 is 11.9 Å². The Hall–Kier alpha value is -4.42. The van der Waals surface area contributed by atoms with Crippen LogP contribution in [0.1, 0.15) is 48.0 Å². The van der Waals surface area contributed by atoms with Crippen molar-refractivity contribution in [2.24, 2.45) is 5.92 Å². The molecule has 0 bridgehead atoms. The SMILES string of the molecule is COC(=O)c1cc(-c2ccccc2)sc1NC(=O)C(C#N)=Cc1ccc(OC(=O)C2CCCCC2)c(OC)c1. The van der Waals surface area contributed by atoms with Crippen molar-refractivity contribution >= 4 is 40.3 Å². The van der Waals surface area contributed by atoms with Crippen molar-refractivity contribution in [1.29, 1.82) is 5.26 Å². The molecule has 0 radical (unpaired) electrons. The lowest BCUT2D eigenvalue weighted by Gasteiger charge is -2.20. The standard InChI is InChI=1S/C30H28N2O6S/c1-36-25-16-19(13-14-24(25)38-29(34)21-11-7-4-8-12-21)15-22(18-31)27(33)32-28-23(30(35)37-2)17-26(39-28)20-9-5-3-6-10-20/h3,5-6,9-10,13-17,21H,4,7-8,11-12H2,1-2H3,(H,32,33). The monoisotopic (exact) mass is 544 g/mol. The topological polar surface area (TPSA) is 115 Å². The van der Waals surface area contributed by atoms with E-state index in [0.29, 0.717) is 11.3 Å². The fourth-order valence-corrected chi connectivity index (χ4v) is 5.41. The smallest absolute Gasteiger partial charge is 0.340 e. The highest BCUT2D eigenvalue weighted by Gasteiger charge is 2.24. The zero-order chi connectivity index (χ0) is 27.8. The van der Waals surface area contributed by atoms with Gasteiger partial charge >= 0.3 is 11.9 Å². The average molecular weight is 545 g/mol. The molecule has 1 aliphatic rings. The lowest BCUT2D eigenvalue weighted by Crippen LogP contribution is -2.22. The normalized spacial score (nSPS) is 13.7. The molecule has 1 heterocycles. The number of amides is 1. The summed E-state index contributed by atoms with van der Waals surface area (Å²) in [6.07, 6.45) is 6.19. The van der Waals surface area contributed by atoms with Gasteiger partial charge in [0.25, 0.3) is 5.91 Å². The molecule has 3 aromatic rings. The molecule has 200 valence electrons. The number of ether oxygens (including phenoxy) is 3. The van der Waals surface area contributed by atoms with Gasteiger partial charge in [-0.2, -0.15) is 5.26 Å². The van der Waals surface area contributed by atoms with E-state index in [1.165, 1.54) is 31.6 Å². The number of carbonyl (C=O) groups is 3. The van der Waals surface area contributed by atoms with Crippen molar-refractivity contribution in [3.05, 3.63) is 71.3 Å². The van der Waals surface area contributed by atoms with E-state index in [2.05, 4.69) is 5.32 Å².